The number of rotatable bonds is 2. The van der Waals surface area contributed by atoms with E-state index in [-0.39, 0.29) is 10.7 Å². The molecule has 2 heterocycles. The lowest BCUT2D eigenvalue weighted by Gasteiger charge is -2.29. The zero-order valence-corrected chi connectivity index (χ0v) is 17.7. The van der Waals surface area contributed by atoms with Crippen LogP contribution < -0.4 is 4.31 Å². The smallest absolute Gasteiger partial charge is 0.245 e. The number of benzene rings is 2. The lowest BCUT2D eigenvalue weighted by Crippen LogP contribution is -2.36. The van der Waals surface area contributed by atoms with Crippen LogP contribution in [0.2, 0.25) is 5.02 Å². The second-order valence-corrected chi connectivity index (χ2v) is 8.62. The van der Waals surface area contributed by atoms with E-state index in [9.17, 15) is 9.35 Å². The van der Waals surface area contributed by atoms with Crippen LogP contribution in [0.4, 0.5) is 5.69 Å². The molecule has 0 spiro atoms. The van der Waals surface area contributed by atoms with E-state index in [0.717, 1.165) is 16.7 Å². The molecule has 4 nitrogen and oxygen atoms in total. The first-order valence-corrected chi connectivity index (χ1v) is 10.7. The predicted octanol–water partition coefficient (Wildman–Crippen LogP) is 4.67. The molecule has 0 amide bonds. The number of ketones is 1. The Balaban J connectivity index is 1.65. The molecule has 0 bridgehead atoms. The molecule has 0 aliphatic carbocycles. The van der Waals surface area contributed by atoms with E-state index in [4.69, 9.17) is 11.6 Å². The van der Waals surface area contributed by atoms with Crippen molar-refractivity contribution < 1.29 is 9.35 Å². The van der Waals surface area contributed by atoms with E-state index in [1.807, 2.05) is 18.2 Å². The SMILES string of the molecule is CN1c2ccc(C#CCc3ccncc3)cc2C(=O)/C(=C/c2ccc(Cl)cc2)[S+]1[O-]. The van der Waals surface area contributed by atoms with E-state index >= 15 is 0 Å². The van der Waals surface area contributed by atoms with E-state index in [1.165, 1.54) is 0 Å². The molecule has 1 unspecified atom stereocenters. The fourth-order valence-corrected chi connectivity index (χ4v) is 4.36. The summed E-state index contributed by atoms with van der Waals surface area (Å²) in [7, 11) is 1.71. The quantitative estimate of drug-likeness (QED) is 0.335. The highest BCUT2D eigenvalue weighted by Gasteiger charge is 2.38. The van der Waals surface area contributed by atoms with E-state index in [0.29, 0.717) is 22.7 Å². The van der Waals surface area contributed by atoms with Crippen molar-refractivity contribution in [1.82, 2.24) is 4.98 Å². The number of Topliss-reactive ketones (excluding diaryl/α,β-unsaturated/α-hetero) is 1. The molecule has 0 radical (unpaired) electrons. The molecule has 1 aliphatic rings. The van der Waals surface area contributed by atoms with Crippen molar-refractivity contribution in [3.63, 3.8) is 0 Å². The van der Waals surface area contributed by atoms with Crippen molar-refractivity contribution in [3.05, 3.63) is 99.2 Å². The molecular formula is C24H17ClN2O2S. The van der Waals surface area contributed by atoms with Gasteiger partial charge in [0.2, 0.25) is 10.7 Å². The van der Waals surface area contributed by atoms with Gasteiger partial charge in [-0.3, -0.25) is 9.78 Å². The van der Waals surface area contributed by atoms with Crippen LogP contribution in [0.3, 0.4) is 0 Å². The first-order valence-electron chi connectivity index (χ1n) is 9.22. The first-order chi connectivity index (χ1) is 14.5. The maximum absolute atomic E-state index is 13.1. The Morgan fingerprint density at radius 3 is 2.60 bits per heavy atom. The summed E-state index contributed by atoms with van der Waals surface area (Å²) in [6.45, 7) is 0. The molecule has 148 valence electrons. The maximum Gasteiger partial charge on any atom is 0.245 e. The number of allylic oxidation sites excluding steroid dienone is 1. The van der Waals surface area contributed by atoms with Gasteiger partial charge in [-0.25, -0.2) is 0 Å². The Morgan fingerprint density at radius 2 is 1.87 bits per heavy atom. The molecule has 4 rings (SSSR count). The second kappa shape index (κ2) is 8.76. The summed E-state index contributed by atoms with van der Waals surface area (Å²) in [5.41, 5.74) is 3.71. The number of aromatic nitrogens is 1. The van der Waals surface area contributed by atoms with Crippen LogP contribution in [-0.4, -0.2) is 22.4 Å². The number of carbonyl (C=O) groups excluding carboxylic acids is 1. The number of pyridine rings is 1. The van der Waals surface area contributed by atoms with Gasteiger partial charge in [0.1, 0.15) is 11.4 Å². The normalized spacial score (nSPS) is 16.8. The van der Waals surface area contributed by atoms with Crippen LogP contribution in [-0.2, 0) is 17.8 Å². The van der Waals surface area contributed by atoms with E-state index in [1.54, 1.807) is 66.2 Å². The van der Waals surface area contributed by atoms with Gasteiger partial charge >= 0.3 is 0 Å². The number of hydrogen-bond donors (Lipinski definition) is 0. The average Bonchev–Trinajstić information content (AvgIpc) is 2.77. The van der Waals surface area contributed by atoms with Gasteiger partial charge < -0.3 is 4.55 Å². The van der Waals surface area contributed by atoms with Gasteiger partial charge in [0, 0.05) is 35.5 Å². The molecule has 3 aromatic rings. The molecule has 0 N–H and O–H groups in total. The van der Waals surface area contributed by atoms with Gasteiger partial charge in [0.25, 0.3) is 0 Å². The van der Waals surface area contributed by atoms with Crippen molar-refractivity contribution in [1.29, 1.82) is 0 Å². The highest BCUT2D eigenvalue weighted by molar-refractivity contribution is 7.97. The summed E-state index contributed by atoms with van der Waals surface area (Å²) in [5, 5.41) is 0.602. The van der Waals surface area contributed by atoms with Crippen LogP contribution in [0.1, 0.15) is 27.0 Å². The zero-order valence-electron chi connectivity index (χ0n) is 16.1. The Bertz CT molecular complexity index is 1180. The first kappa shape index (κ1) is 20.2. The number of carbonyl (C=O) groups is 1. The van der Waals surface area contributed by atoms with E-state index in [2.05, 4.69) is 16.8 Å². The number of fused-ring (bicyclic) bond motifs is 1. The largest absolute Gasteiger partial charge is 0.588 e. The third-order valence-electron chi connectivity index (χ3n) is 4.68. The summed E-state index contributed by atoms with van der Waals surface area (Å²) >= 11 is 4.34. The summed E-state index contributed by atoms with van der Waals surface area (Å²) in [5.74, 6) is 5.98. The molecule has 0 fully saturated rings. The van der Waals surface area contributed by atoms with Crippen molar-refractivity contribution in [3.8, 4) is 11.8 Å². The minimum absolute atomic E-state index is 0.231. The zero-order chi connectivity index (χ0) is 21.1. The van der Waals surface area contributed by atoms with Gasteiger partial charge in [-0.1, -0.05) is 35.6 Å². The highest BCUT2D eigenvalue weighted by atomic mass is 35.5. The van der Waals surface area contributed by atoms with Gasteiger partial charge in [-0.2, -0.15) is 4.31 Å². The van der Waals surface area contributed by atoms with Crippen LogP contribution >= 0.6 is 11.6 Å². The molecule has 0 saturated carbocycles. The molecule has 1 aliphatic heterocycles. The monoisotopic (exact) mass is 432 g/mol. The molecule has 1 atom stereocenters. The van der Waals surface area contributed by atoms with Crippen LogP contribution in [0.25, 0.3) is 6.08 Å². The summed E-state index contributed by atoms with van der Waals surface area (Å²) in [6.07, 6.45) is 5.72. The van der Waals surface area contributed by atoms with Crippen LogP contribution in [0.15, 0.2) is 71.9 Å². The molecule has 2 aromatic carbocycles. The molecule has 6 heteroatoms. The van der Waals surface area contributed by atoms with Crippen molar-refractivity contribution in [2.75, 3.05) is 11.4 Å². The van der Waals surface area contributed by atoms with Crippen molar-refractivity contribution in [2.24, 2.45) is 0 Å². The fourth-order valence-electron chi connectivity index (χ4n) is 3.09. The minimum atomic E-state index is -1.59. The summed E-state index contributed by atoms with van der Waals surface area (Å²) < 4.78 is 14.5. The third kappa shape index (κ3) is 4.27. The summed E-state index contributed by atoms with van der Waals surface area (Å²) in [4.78, 5) is 17.3. The van der Waals surface area contributed by atoms with Crippen molar-refractivity contribution >= 4 is 40.5 Å². The minimum Gasteiger partial charge on any atom is -0.588 e. The molecular weight excluding hydrogens is 416 g/mol. The van der Waals surface area contributed by atoms with Gasteiger partial charge in [-0.05, 0) is 53.6 Å². The number of nitrogens with zero attached hydrogens (tertiary/aromatic N) is 2. The van der Waals surface area contributed by atoms with Gasteiger partial charge in [-0.15, -0.1) is 0 Å². The second-order valence-electron chi connectivity index (χ2n) is 6.70. The molecule has 30 heavy (non-hydrogen) atoms. The van der Waals surface area contributed by atoms with Gasteiger partial charge in [0.15, 0.2) is 0 Å². The Morgan fingerprint density at radius 1 is 1.13 bits per heavy atom. The topological polar surface area (TPSA) is 56.3 Å². The van der Waals surface area contributed by atoms with Gasteiger partial charge in [0.05, 0.1) is 18.3 Å². The lowest BCUT2D eigenvalue weighted by molar-refractivity contribution is 0.104. The predicted molar refractivity (Wildman–Crippen MR) is 122 cm³/mol. The molecule has 1 aromatic heterocycles. The fraction of sp³-hybridized carbons (Fsp3) is 0.0833. The standard InChI is InChI=1S/C24H17ClN2O2S/c1-27-22-10-7-18(4-2-3-17-11-13-26-14-12-17)15-21(22)24(28)23(30(27)29)16-19-5-8-20(25)9-6-19/h5-16H,3H2,1H3/b23-16-. The van der Waals surface area contributed by atoms with E-state index < -0.39 is 11.4 Å². The number of hydrogen-bond acceptors (Lipinski definition) is 4. The maximum atomic E-state index is 13.1. The lowest BCUT2D eigenvalue weighted by atomic mass is 10.0. The Hall–Kier alpha value is -3.04. The Kier molecular flexibility index (Phi) is 5.91. The number of anilines is 1. The third-order valence-corrected chi connectivity index (χ3v) is 6.31. The highest BCUT2D eigenvalue weighted by Crippen LogP contribution is 2.35. The average molecular weight is 433 g/mol. The van der Waals surface area contributed by atoms with Crippen LogP contribution in [0, 0.1) is 11.8 Å². The van der Waals surface area contributed by atoms with Crippen LogP contribution in [0.5, 0.6) is 0 Å². The summed E-state index contributed by atoms with van der Waals surface area (Å²) in [6, 6.07) is 16.3. The molecule has 0 saturated heterocycles. The Labute approximate surface area is 183 Å². The number of halogens is 1. The van der Waals surface area contributed by atoms with Crippen molar-refractivity contribution in [2.45, 2.75) is 6.42 Å².